The average molecular weight is 241 g/mol. The standard InChI is InChI=1S/C12H13F2NO2/c1-7-10-4-8(13)5-11(14)9(10)2-3-15(7)6-12(16)17/h4-5,7H,2-3,6H2,1H3,(H,16,17). The summed E-state index contributed by atoms with van der Waals surface area (Å²) in [6, 6.07) is 1.88. The van der Waals surface area contributed by atoms with E-state index in [2.05, 4.69) is 0 Å². The first-order valence-corrected chi connectivity index (χ1v) is 5.42. The van der Waals surface area contributed by atoms with E-state index in [9.17, 15) is 13.6 Å². The number of fused-ring (bicyclic) bond motifs is 1. The molecule has 1 aliphatic rings. The largest absolute Gasteiger partial charge is 0.480 e. The maximum atomic E-state index is 13.5. The van der Waals surface area contributed by atoms with Gasteiger partial charge < -0.3 is 5.11 Å². The van der Waals surface area contributed by atoms with Crippen LogP contribution in [0.2, 0.25) is 0 Å². The van der Waals surface area contributed by atoms with Crippen molar-refractivity contribution in [3.63, 3.8) is 0 Å². The van der Waals surface area contributed by atoms with Gasteiger partial charge in [-0.3, -0.25) is 9.69 Å². The van der Waals surface area contributed by atoms with E-state index >= 15 is 0 Å². The highest BCUT2D eigenvalue weighted by molar-refractivity contribution is 5.69. The molecule has 0 aromatic heterocycles. The van der Waals surface area contributed by atoms with Crippen LogP contribution in [0.25, 0.3) is 0 Å². The van der Waals surface area contributed by atoms with E-state index in [4.69, 9.17) is 5.11 Å². The van der Waals surface area contributed by atoms with E-state index in [-0.39, 0.29) is 12.6 Å². The van der Waals surface area contributed by atoms with Crippen molar-refractivity contribution in [3.8, 4) is 0 Å². The quantitative estimate of drug-likeness (QED) is 0.860. The summed E-state index contributed by atoms with van der Waals surface area (Å²) in [4.78, 5) is 12.4. The molecule has 0 bridgehead atoms. The Morgan fingerprint density at radius 2 is 2.24 bits per heavy atom. The molecule has 0 fully saturated rings. The van der Waals surface area contributed by atoms with Crippen LogP contribution in [-0.4, -0.2) is 29.1 Å². The lowest BCUT2D eigenvalue weighted by atomic mass is 9.93. The van der Waals surface area contributed by atoms with E-state index in [1.807, 2.05) is 0 Å². The molecule has 0 spiro atoms. The molecule has 1 N–H and O–H groups in total. The molecular formula is C12H13F2NO2. The Balaban J connectivity index is 2.34. The number of nitrogens with zero attached hydrogens (tertiary/aromatic N) is 1. The average Bonchev–Trinajstić information content (AvgIpc) is 2.22. The molecule has 1 atom stereocenters. The van der Waals surface area contributed by atoms with Gasteiger partial charge in [0.25, 0.3) is 0 Å². The van der Waals surface area contributed by atoms with Crippen molar-refractivity contribution < 1.29 is 18.7 Å². The molecular weight excluding hydrogens is 228 g/mol. The summed E-state index contributed by atoms with van der Waals surface area (Å²) < 4.78 is 26.7. The third-order valence-corrected chi connectivity index (χ3v) is 3.18. The number of hydrogen-bond donors (Lipinski definition) is 1. The minimum atomic E-state index is -0.933. The SMILES string of the molecule is CC1c2cc(F)cc(F)c2CCN1CC(=O)O. The van der Waals surface area contributed by atoms with Gasteiger partial charge in [-0.15, -0.1) is 0 Å². The second-order valence-electron chi connectivity index (χ2n) is 4.25. The zero-order chi connectivity index (χ0) is 12.6. The number of rotatable bonds is 2. The lowest BCUT2D eigenvalue weighted by Gasteiger charge is -2.34. The summed E-state index contributed by atoms with van der Waals surface area (Å²) in [6.07, 6.45) is 0.416. The second-order valence-corrected chi connectivity index (χ2v) is 4.25. The van der Waals surface area contributed by atoms with Gasteiger partial charge in [0, 0.05) is 18.7 Å². The topological polar surface area (TPSA) is 40.5 Å². The van der Waals surface area contributed by atoms with Gasteiger partial charge in [0.1, 0.15) is 11.6 Å². The molecule has 92 valence electrons. The Morgan fingerprint density at radius 3 is 2.88 bits per heavy atom. The monoisotopic (exact) mass is 241 g/mol. The van der Waals surface area contributed by atoms with Crippen LogP contribution in [0.15, 0.2) is 12.1 Å². The van der Waals surface area contributed by atoms with Gasteiger partial charge in [-0.25, -0.2) is 8.78 Å². The summed E-state index contributed by atoms with van der Waals surface area (Å²) in [5.41, 5.74) is 1.05. The molecule has 3 nitrogen and oxygen atoms in total. The maximum Gasteiger partial charge on any atom is 0.317 e. The Hall–Kier alpha value is -1.49. The van der Waals surface area contributed by atoms with Crippen LogP contribution in [0.4, 0.5) is 8.78 Å². The fourth-order valence-electron chi connectivity index (χ4n) is 2.30. The molecule has 1 aliphatic heterocycles. The van der Waals surface area contributed by atoms with Gasteiger partial charge in [0.05, 0.1) is 6.54 Å². The summed E-state index contributed by atoms with van der Waals surface area (Å²) >= 11 is 0. The minimum Gasteiger partial charge on any atom is -0.480 e. The van der Waals surface area contributed by atoms with Gasteiger partial charge in [0.2, 0.25) is 0 Å². The predicted octanol–water partition coefficient (Wildman–Crippen LogP) is 1.97. The predicted molar refractivity (Wildman–Crippen MR) is 57.7 cm³/mol. The van der Waals surface area contributed by atoms with Crippen molar-refractivity contribution in [1.29, 1.82) is 0 Å². The number of carboxylic acid groups (broad SMARTS) is 1. The zero-order valence-corrected chi connectivity index (χ0v) is 9.41. The third kappa shape index (κ3) is 2.29. The van der Waals surface area contributed by atoms with Crippen LogP contribution in [0.1, 0.15) is 24.1 Å². The lowest BCUT2D eigenvalue weighted by Crippen LogP contribution is -2.38. The van der Waals surface area contributed by atoms with E-state index in [1.54, 1.807) is 11.8 Å². The van der Waals surface area contributed by atoms with Crippen molar-refractivity contribution in [2.45, 2.75) is 19.4 Å². The van der Waals surface area contributed by atoms with Crippen molar-refractivity contribution in [2.75, 3.05) is 13.1 Å². The molecule has 5 heteroatoms. The number of aliphatic carboxylic acids is 1. The van der Waals surface area contributed by atoms with Crippen LogP contribution < -0.4 is 0 Å². The van der Waals surface area contributed by atoms with Gasteiger partial charge in [-0.2, -0.15) is 0 Å². The molecule has 0 radical (unpaired) electrons. The van der Waals surface area contributed by atoms with Crippen LogP contribution in [0, 0.1) is 11.6 Å². The molecule has 17 heavy (non-hydrogen) atoms. The maximum absolute atomic E-state index is 13.5. The normalized spacial score (nSPS) is 20.1. The highest BCUT2D eigenvalue weighted by Crippen LogP contribution is 2.31. The number of benzene rings is 1. The second kappa shape index (κ2) is 4.41. The van der Waals surface area contributed by atoms with Gasteiger partial charge in [0.15, 0.2) is 0 Å². The van der Waals surface area contributed by atoms with Crippen molar-refractivity contribution in [2.24, 2.45) is 0 Å². The Morgan fingerprint density at radius 1 is 1.53 bits per heavy atom. The van der Waals surface area contributed by atoms with E-state index in [0.29, 0.717) is 24.1 Å². The van der Waals surface area contributed by atoms with Crippen LogP contribution in [-0.2, 0) is 11.2 Å². The molecule has 0 amide bonds. The number of hydrogen-bond acceptors (Lipinski definition) is 2. The first-order valence-electron chi connectivity index (χ1n) is 5.42. The van der Waals surface area contributed by atoms with Gasteiger partial charge in [-0.1, -0.05) is 0 Å². The summed E-state index contributed by atoms with van der Waals surface area (Å²) in [5, 5.41) is 8.75. The van der Waals surface area contributed by atoms with Crippen LogP contribution in [0.5, 0.6) is 0 Å². The van der Waals surface area contributed by atoms with Crippen molar-refractivity contribution >= 4 is 5.97 Å². The van der Waals surface area contributed by atoms with Gasteiger partial charge in [-0.05, 0) is 30.5 Å². The van der Waals surface area contributed by atoms with E-state index in [0.717, 1.165) is 6.07 Å². The fourth-order valence-corrected chi connectivity index (χ4v) is 2.30. The Bertz CT molecular complexity index is 462. The molecule has 0 saturated carbocycles. The molecule has 2 rings (SSSR count). The Labute approximate surface area is 97.7 Å². The zero-order valence-electron chi connectivity index (χ0n) is 9.41. The fraction of sp³-hybridized carbons (Fsp3) is 0.417. The summed E-state index contributed by atoms with van der Waals surface area (Å²) in [6.45, 7) is 2.13. The molecule has 0 aliphatic carbocycles. The lowest BCUT2D eigenvalue weighted by molar-refractivity contribution is -0.139. The third-order valence-electron chi connectivity index (χ3n) is 3.18. The van der Waals surface area contributed by atoms with E-state index in [1.165, 1.54) is 6.07 Å². The highest BCUT2D eigenvalue weighted by atomic mass is 19.1. The first kappa shape index (κ1) is 12.0. The number of halogens is 2. The summed E-state index contributed by atoms with van der Waals surface area (Å²) in [5.74, 6) is -2.09. The molecule has 1 heterocycles. The van der Waals surface area contributed by atoms with E-state index < -0.39 is 17.6 Å². The van der Waals surface area contributed by atoms with Crippen LogP contribution >= 0.6 is 0 Å². The highest BCUT2D eigenvalue weighted by Gasteiger charge is 2.27. The summed E-state index contributed by atoms with van der Waals surface area (Å²) in [7, 11) is 0. The Kier molecular flexibility index (Phi) is 3.11. The number of carbonyl (C=O) groups is 1. The smallest absolute Gasteiger partial charge is 0.317 e. The molecule has 1 aromatic carbocycles. The van der Waals surface area contributed by atoms with Crippen LogP contribution in [0.3, 0.4) is 0 Å². The molecule has 0 saturated heterocycles. The minimum absolute atomic E-state index is 0.112. The first-order chi connectivity index (χ1) is 7.99. The van der Waals surface area contributed by atoms with Gasteiger partial charge >= 0.3 is 5.97 Å². The van der Waals surface area contributed by atoms with Crippen molar-refractivity contribution in [3.05, 3.63) is 34.9 Å². The van der Waals surface area contributed by atoms with Crippen molar-refractivity contribution in [1.82, 2.24) is 4.90 Å². The number of carboxylic acids is 1. The molecule has 1 unspecified atom stereocenters. The molecule has 1 aromatic rings.